The van der Waals surface area contributed by atoms with Gasteiger partial charge in [0.05, 0.1) is 11.2 Å². The first-order valence-corrected chi connectivity index (χ1v) is 11.5. The van der Waals surface area contributed by atoms with Crippen LogP contribution in [0.5, 0.6) is 0 Å². The Labute approximate surface area is 160 Å². The lowest BCUT2D eigenvalue weighted by molar-refractivity contribution is -0.135. The quantitative estimate of drug-likeness (QED) is 0.761. The summed E-state index contributed by atoms with van der Waals surface area (Å²) in [6.07, 6.45) is 5.36. The fraction of sp³-hybridized carbons (Fsp3) is 0.833. The third-order valence-electron chi connectivity index (χ3n) is 6.56. The van der Waals surface area contributed by atoms with Crippen molar-refractivity contribution in [1.29, 1.82) is 0 Å². The van der Waals surface area contributed by atoms with Crippen molar-refractivity contribution < 1.29 is 17.7 Å². The predicted octanol–water partition coefficient (Wildman–Crippen LogP) is 1.32. The molecule has 0 aromatic carbocycles. The summed E-state index contributed by atoms with van der Waals surface area (Å²) in [7, 11) is -3.30. The van der Waals surface area contributed by atoms with Gasteiger partial charge in [-0.1, -0.05) is 24.4 Å². The minimum atomic E-state index is -3.30. The van der Waals surface area contributed by atoms with Crippen LogP contribution in [-0.4, -0.2) is 65.6 Å². The Morgan fingerprint density at radius 2 is 1.96 bits per heavy atom. The molecule has 1 aromatic heterocycles. The molecule has 0 N–H and O–H groups in total. The number of carbonyl (C=O) groups excluding carboxylic acids is 1. The molecule has 2 saturated heterocycles. The lowest BCUT2D eigenvalue weighted by Crippen LogP contribution is -2.43. The number of aromatic nitrogens is 2. The molecule has 0 unspecified atom stereocenters. The van der Waals surface area contributed by atoms with Crippen molar-refractivity contribution in [3.8, 4) is 0 Å². The van der Waals surface area contributed by atoms with Crippen molar-refractivity contribution in [1.82, 2.24) is 19.3 Å². The third-order valence-corrected chi connectivity index (χ3v) is 8.35. The second kappa shape index (κ2) is 6.84. The monoisotopic (exact) mass is 396 g/mol. The van der Waals surface area contributed by atoms with Gasteiger partial charge in [-0.15, -0.1) is 0 Å². The van der Waals surface area contributed by atoms with E-state index < -0.39 is 15.4 Å². The zero-order valence-electron chi connectivity index (χ0n) is 16.1. The van der Waals surface area contributed by atoms with Crippen LogP contribution in [0.15, 0.2) is 4.52 Å². The SMILES string of the molecule is CCS(=O)(=O)N1C[C@@H]2CN(C(=O)C3CCCCC3)C[C@]2(c2nc(C)no2)C1. The van der Waals surface area contributed by atoms with Crippen LogP contribution < -0.4 is 0 Å². The molecule has 0 bridgehead atoms. The summed E-state index contributed by atoms with van der Waals surface area (Å²) in [5.74, 6) is 1.39. The number of nitrogens with zero attached hydrogens (tertiary/aromatic N) is 4. The molecule has 0 spiro atoms. The fourth-order valence-corrected chi connectivity index (χ4v) is 6.19. The molecule has 4 rings (SSSR count). The number of amides is 1. The highest BCUT2D eigenvalue weighted by atomic mass is 32.2. The van der Waals surface area contributed by atoms with Gasteiger partial charge in [-0.05, 0) is 26.7 Å². The van der Waals surface area contributed by atoms with Gasteiger partial charge >= 0.3 is 0 Å². The standard InChI is InChI=1S/C18H28N4O4S/c1-3-27(24,25)22-10-15-9-21(16(23)14-7-5-4-6-8-14)11-18(15,12-22)17-19-13(2)20-26-17/h14-15H,3-12H2,1-2H3/t15-,18-/m0/s1. The molecule has 2 atom stereocenters. The summed E-state index contributed by atoms with van der Waals surface area (Å²) in [4.78, 5) is 19.4. The normalized spacial score (nSPS) is 30.0. The first kappa shape index (κ1) is 18.9. The van der Waals surface area contributed by atoms with E-state index >= 15 is 0 Å². The highest BCUT2D eigenvalue weighted by molar-refractivity contribution is 7.89. The number of carbonyl (C=O) groups is 1. The van der Waals surface area contributed by atoms with Crippen molar-refractivity contribution >= 4 is 15.9 Å². The highest BCUT2D eigenvalue weighted by Crippen LogP contribution is 2.46. The summed E-state index contributed by atoms with van der Waals surface area (Å²) in [6.45, 7) is 5.16. The molecule has 1 saturated carbocycles. The molecule has 150 valence electrons. The summed E-state index contributed by atoms with van der Waals surface area (Å²) < 4.78 is 31.9. The number of hydrogen-bond donors (Lipinski definition) is 0. The molecule has 3 aliphatic rings. The first-order valence-electron chi connectivity index (χ1n) is 9.93. The molecule has 0 radical (unpaired) electrons. The molecule has 2 aliphatic heterocycles. The molecule has 8 nitrogen and oxygen atoms in total. The zero-order valence-corrected chi connectivity index (χ0v) is 16.9. The number of rotatable bonds is 4. The zero-order chi connectivity index (χ0) is 19.2. The van der Waals surface area contributed by atoms with E-state index in [1.54, 1.807) is 18.2 Å². The Morgan fingerprint density at radius 3 is 2.59 bits per heavy atom. The van der Waals surface area contributed by atoms with Crippen LogP contribution in [0.25, 0.3) is 0 Å². The summed E-state index contributed by atoms with van der Waals surface area (Å²) in [5.41, 5.74) is -0.589. The van der Waals surface area contributed by atoms with Crippen molar-refractivity contribution in [2.45, 2.75) is 51.4 Å². The minimum absolute atomic E-state index is 0.00813. The third kappa shape index (κ3) is 3.18. The van der Waals surface area contributed by atoms with Gasteiger partial charge in [-0.3, -0.25) is 4.79 Å². The molecule has 27 heavy (non-hydrogen) atoms. The summed E-state index contributed by atoms with van der Waals surface area (Å²) in [5, 5.41) is 3.93. The molecule has 1 amide bonds. The number of likely N-dealkylation sites (tertiary alicyclic amines) is 1. The van der Waals surface area contributed by atoms with Gasteiger partial charge in [0.15, 0.2) is 5.82 Å². The Morgan fingerprint density at radius 1 is 1.22 bits per heavy atom. The van der Waals surface area contributed by atoms with Gasteiger partial charge in [0.1, 0.15) is 0 Å². The maximum Gasteiger partial charge on any atom is 0.236 e. The van der Waals surface area contributed by atoms with Gasteiger partial charge in [0.2, 0.25) is 21.8 Å². The van der Waals surface area contributed by atoms with Crippen molar-refractivity contribution in [3.05, 3.63) is 11.7 Å². The van der Waals surface area contributed by atoms with E-state index in [9.17, 15) is 13.2 Å². The maximum absolute atomic E-state index is 13.1. The van der Waals surface area contributed by atoms with Gasteiger partial charge in [0, 0.05) is 38.0 Å². The Balaban J connectivity index is 1.61. The van der Waals surface area contributed by atoms with Gasteiger partial charge in [0.25, 0.3) is 0 Å². The smallest absolute Gasteiger partial charge is 0.236 e. The van der Waals surface area contributed by atoms with E-state index in [2.05, 4.69) is 10.1 Å². The Hall–Kier alpha value is -1.48. The van der Waals surface area contributed by atoms with Gasteiger partial charge in [-0.25, -0.2) is 12.7 Å². The average molecular weight is 397 g/mol. The Bertz CT molecular complexity index is 817. The lowest BCUT2D eigenvalue weighted by atomic mass is 9.81. The maximum atomic E-state index is 13.1. The molecule has 3 heterocycles. The molecule has 3 fully saturated rings. The van der Waals surface area contributed by atoms with E-state index in [0.717, 1.165) is 25.7 Å². The predicted molar refractivity (Wildman–Crippen MR) is 98.4 cm³/mol. The average Bonchev–Trinajstić information content (AvgIpc) is 3.34. The van der Waals surface area contributed by atoms with Crippen LogP contribution in [0.4, 0.5) is 0 Å². The number of sulfonamides is 1. The molecular weight excluding hydrogens is 368 g/mol. The van der Waals surface area contributed by atoms with Crippen LogP contribution >= 0.6 is 0 Å². The van der Waals surface area contributed by atoms with Crippen LogP contribution in [0.3, 0.4) is 0 Å². The number of aryl methyl sites for hydroxylation is 1. The van der Waals surface area contributed by atoms with Crippen LogP contribution in [-0.2, 0) is 20.2 Å². The van der Waals surface area contributed by atoms with Gasteiger partial charge in [-0.2, -0.15) is 4.98 Å². The first-order chi connectivity index (χ1) is 12.9. The number of fused-ring (bicyclic) bond motifs is 1. The minimum Gasteiger partial charge on any atom is -0.341 e. The Kier molecular flexibility index (Phi) is 4.78. The summed E-state index contributed by atoms with van der Waals surface area (Å²) >= 11 is 0. The molecule has 1 aromatic rings. The second-order valence-corrected chi connectivity index (χ2v) is 10.5. The second-order valence-electron chi connectivity index (χ2n) is 8.25. The van der Waals surface area contributed by atoms with E-state index in [1.807, 2.05) is 4.90 Å². The van der Waals surface area contributed by atoms with Crippen molar-refractivity contribution in [3.63, 3.8) is 0 Å². The molecule has 1 aliphatic carbocycles. The lowest BCUT2D eigenvalue weighted by Gasteiger charge is -2.29. The summed E-state index contributed by atoms with van der Waals surface area (Å²) in [6, 6.07) is 0. The topological polar surface area (TPSA) is 96.6 Å². The van der Waals surface area contributed by atoms with E-state index in [-0.39, 0.29) is 23.5 Å². The van der Waals surface area contributed by atoms with Crippen LogP contribution in [0, 0.1) is 18.8 Å². The van der Waals surface area contributed by atoms with E-state index in [4.69, 9.17) is 4.52 Å². The fourth-order valence-electron chi connectivity index (χ4n) is 4.99. The van der Waals surface area contributed by atoms with Crippen LogP contribution in [0.1, 0.15) is 50.7 Å². The van der Waals surface area contributed by atoms with Crippen molar-refractivity contribution in [2.75, 3.05) is 31.9 Å². The molecule has 9 heteroatoms. The van der Waals surface area contributed by atoms with Gasteiger partial charge < -0.3 is 9.42 Å². The van der Waals surface area contributed by atoms with E-state index in [0.29, 0.717) is 37.9 Å². The van der Waals surface area contributed by atoms with E-state index in [1.165, 1.54) is 6.42 Å². The molecular formula is C18H28N4O4S. The van der Waals surface area contributed by atoms with Crippen LogP contribution in [0.2, 0.25) is 0 Å². The van der Waals surface area contributed by atoms with Crippen molar-refractivity contribution in [2.24, 2.45) is 11.8 Å². The highest BCUT2D eigenvalue weighted by Gasteiger charge is 2.59. The largest absolute Gasteiger partial charge is 0.341 e. The number of hydrogen-bond acceptors (Lipinski definition) is 6.